The Hall–Kier alpha value is -2.86. The topological polar surface area (TPSA) is 61.9 Å². The second-order valence-corrected chi connectivity index (χ2v) is 7.25. The number of benzene rings is 2. The van der Waals surface area contributed by atoms with Crippen LogP contribution in [0.3, 0.4) is 0 Å². The van der Waals surface area contributed by atoms with E-state index in [1.54, 1.807) is 12.1 Å². The van der Waals surface area contributed by atoms with Crippen LogP contribution in [0.5, 0.6) is 5.75 Å². The van der Waals surface area contributed by atoms with Crippen molar-refractivity contribution in [3.05, 3.63) is 59.2 Å². The zero-order valence-corrected chi connectivity index (χ0v) is 16.7. The first-order valence-corrected chi connectivity index (χ1v) is 9.51. The Kier molecular flexibility index (Phi) is 6.31. The summed E-state index contributed by atoms with van der Waals surface area (Å²) < 4.78 is 5.67. The second-order valence-electron chi connectivity index (χ2n) is 7.25. The highest BCUT2D eigenvalue weighted by molar-refractivity contribution is 6.04. The van der Waals surface area contributed by atoms with Crippen LogP contribution in [0.1, 0.15) is 21.5 Å². The van der Waals surface area contributed by atoms with Gasteiger partial charge in [-0.3, -0.25) is 9.59 Å². The van der Waals surface area contributed by atoms with Crippen molar-refractivity contribution in [3.63, 3.8) is 0 Å². The quantitative estimate of drug-likeness (QED) is 0.865. The van der Waals surface area contributed by atoms with Crippen molar-refractivity contribution in [2.45, 2.75) is 13.8 Å². The van der Waals surface area contributed by atoms with Crippen molar-refractivity contribution in [3.8, 4) is 5.75 Å². The first-order chi connectivity index (χ1) is 13.4. The molecule has 6 heteroatoms. The van der Waals surface area contributed by atoms with Crippen molar-refractivity contribution >= 4 is 17.5 Å². The molecule has 28 heavy (non-hydrogen) atoms. The highest BCUT2D eigenvalue weighted by atomic mass is 16.5. The number of hydrogen-bond acceptors (Lipinski definition) is 4. The van der Waals surface area contributed by atoms with Gasteiger partial charge in [-0.1, -0.05) is 24.3 Å². The summed E-state index contributed by atoms with van der Waals surface area (Å²) in [7, 11) is 2.05. The highest BCUT2D eigenvalue weighted by Crippen LogP contribution is 2.20. The van der Waals surface area contributed by atoms with Gasteiger partial charge in [0.1, 0.15) is 5.75 Å². The Balaban J connectivity index is 1.65. The molecule has 0 radical (unpaired) electrons. The molecule has 148 valence electrons. The van der Waals surface area contributed by atoms with Crippen LogP contribution in [0, 0.1) is 13.8 Å². The number of piperazine rings is 1. The van der Waals surface area contributed by atoms with Crippen LogP contribution in [-0.4, -0.2) is 61.4 Å². The van der Waals surface area contributed by atoms with Gasteiger partial charge in [-0.15, -0.1) is 0 Å². The fourth-order valence-electron chi connectivity index (χ4n) is 3.15. The third kappa shape index (κ3) is 4.89. The van der Waals surface area contributed by atoms with E-state index in [4.69, 9.17) is 4.74 Å². The van der Waals surface area contributed by atoms with Crippen molar-refractivity contribution in [1.29, 1.82) is 0 Å². The van der Waals surface area contributed by atoms with Crippen molar-refractivity contribution in [2.24, 2.45) is 0 Å². The van der Waals surface area contributed by atoms with Gasteiger partial charge >= 0.3 is 0 Å². The van der Waals surface area contributed by atoms with Gasteiger partial charge < -0.3 is 19.9 Å². The van der Waals surface area contributed by atoms with Gasteiger partial charge in [0.2, 0.25) is 0 Å². The molecule has 0 aromatic heterocycles. The lowest BCUT2D eigenvalue weighted by atomic mass is 10.1. The van der Waals surface area contributed by atoms with E-state index in [9.17, 15) is 9.59 Å². The van der Waals surface area contributed by atoms with Crippen LogP contribution in [0.25, 0.3) is 0 Å². The summed E-state index contributed by atoms with van der Waals surface area (Å²) in [4.78, 5) is 29.3. The maximum absolute atomic E-state index is 12.9. The maximum Gasteiger partial charge on any atom is 0.262 e. The molecule has 0 aliphatic carbocycles. The minimum Gasteiger partial charge on any atom is -0.483 e. The van der Waals surface area contributed by atoms with Crippen LogP contribution in [-0.2, 0) is 4.79 Å². The SMILES string of the molecule is Cc1ccc(C)c(OCC(=O)Nc2ccccc2C(=O)N2CCN(C)CC2)c1. The molecule has 0 saturated carbocycles. The first-order valence-electron chi connectivity index (χ1n) is 9.51. The smallest absolute Gasteiger partial charge is 0.262 e. The molecule has 0 bridgehead atoms. The summed E-state index contributed by atoms with van der Waals surface area (Å²) in [5.41, 5.74) is 3.07. The lowest BCUT2D eigenvalue weighted by molar-refractivity contribution is -0.118. The molecule has 0 atom stereocenters. The van der Waals surface area contributed by atoms with Gasteiger partial charge in [0.05, 0.1) is 11.3 Å². The summed E-state index contributed by atoms with van der Waals surface area (Å²) in [5.74, 6) is 0.343. The number of amides is 2. The molecular formula is C22H27N3O3. The maximum atomic E-state index is 12.9. The summed E-state index contributed by atoms with van der Waals surface area (Å²) in [6, 6.07) is 13.0. The molecule has 6 nitrogen and oxygen atoms in total. The summed E-state index contributed by atoms with van der Waals surface area (Å²) in [5, 5.41) is 2.82. The van der Waals surface area contributed by atoms with Crippen LogP contribution < -0.4 is 10.1 Å². The van der Waals surface area contributed by atoms with Gasteiger partial charge in [0.25, 0.3) is 11.8 Å². The predicted molar refractivity (Wildman–Crippen MR) is 110 cm³/mol. The van der Waals surface area contributed by atoms with E-state index in [0.717, 1.165) is 24.2 Å². The van der Waals surface area contributed by atoms with Crippen LogP contribution in [0.4, 0.5) is 5.69 Å². The fraction of sp³-hybridized carbons (Fsp3) is 0.364. The predicted octanol–water partition coefficient (Wildman–Crippen LogP) is 2.71. The largest absolute Gasteiger partial charge is 0.483 e. The summed E-state index contributed by atoms with van der Waals surface area (Å²) >= 11 is 0. The molecule has 1 saturated heterocycles. The zero-order valence-electron chi connectivity index (χ0n) is 16.7. The number of rotatable bonds is 5. The van der Waals surface area contributed by atoms with Crippen molar-refractivity contribution in [1.82, 2.24) is 9.80 Å². The molecule has 1 aliphatic rings. The number of aryl methyl sites for hydroxylation is 2. The second kappa shape index (κ2) is 8.89. The molecule has 0 spiro atoms. The number of anilines is 1. The molecule has 1 N–H and O–H groups in total. The number of ether oxygens (including phenoxy) is 1. The van der Waals surface area contributed by atoms with E-state index >= 15 is 0 Å². The van der Waals surface area contributed by atoms with Gasteiger partial charge in [-0.05, 0) is 50.2 Å². The number of nitrogens with zero attached hydrogens (tertiary/aromatic N) is 2. The minimum atomic E-state index is -0.292. The summed E-state index contributed by atoms with van der Waals surface area (Å²) in [6.07, 6.45) is 0. The minimum absolute atomic E-state index is 0.0561. The van der Waals surface area contributed by atoms with Crippen molar-refractivity contribution < 1.29 is 14.3 Å². The Morgan fingerprint density at radius 2 is 1.75 bits per heavy atom. The van der Waals surface area contributed by atoms with Crippen molar-refractivity contribution in [2.75, 3.05) is 45.2 Å². The fourth-order valence-corrected chi connectivity index (χ4v) is 3.15. The van der Waals surface area contributed by atoms with Crippen LogP contribution >= 0.6 is 0 Å². The molecule has 1 fully saturated rings. The molecule has 2 amide bonds. The number of nitrogens with one attached hydrogen (secondary N) is 1. The van der Waals surface area contributed by atoms with Gasteiger partial charge in [-0.25, -0.2) is 0 Å². The number of hydrogen-bond donors (Lipinski definition) is 1. The normalized spacial score (nSPS) is 14.6. The Labute approximate surface area is 166 Å². The number of likely N-dealkylation sites (N-methyl/N-ethyl adjacent to an activating group) is 1. The van der Waals surface area contributed by atoms with Crippen LogP contribution in [0.15, 0.2) is 42.5 Å². The van der Waals surface area contributed by atoms with E-state index in [-0.39, 0.29) is 18.4 Å². The standard InChI is InChI=1S/C22H27N3O3/c1-16-8-9-17(2)20(14-16)28-15-21(26)23-19-7-5-4-6-18(19)22(27)25-12-10-24(3)11-13-25/h4-9,14H,10-13,15H2,1-3H3,(H,23,26). The molecule has 0 unspecified atom stereocenters. The Morgan fingerprint density at radius 3 is 2.50 bits per heavy atom. The first kappa shape index (κ1) is 19.9. The van der Waals surface area contributed by atoms with E-state index in [1.165, 1.54) is 0 Å². The van der Waals surface area contributed by atoms with Gasteiger partial charge in [0.15, 0.2) is 6.61 Å². The average molecular weight is 381 g/mol. The third-order valence-corrected chi connectivity index (χ3v) is 4.92. The van der Waals surface area contributed by atoms with E-state index in [2.05, 4.69) is 10.2 Å². The zero-order chi connectivity index (χ0) is 20.1. The van der Waals surface area contributed by atoms with Gasteiger partial charge in [-0.2, -0.15) is 0 Å². The molecule has 2 aromatic carbocycles. The third-order valence-electron chi connectivity index (χ3n) is 4.92. The number of para-hydroxylation sites is 1. The van der Waals surface area contributed by atoms with E-state index in [1.807, 2.05) is 56.1 Å². The van der Waals surface area contributed by atoms with E-state index in [0.29, 0.717) is 30.1 Å². The molecule has 2 aromatic rings. The molecular weight excluding hydrogens is 354 g/mol. The van der Waals surface area contributed by atoms with E-state index < -0.39 is 0 Å². The Bertz CT molecular complexity index is 858. The molecule has 3 rings (SSSR count). The number of carbonyl (C=O) groups excluding carboxylic acids is 2. The monoisotopic (exact) mass is 381 g/mol. The number of carbonyl (C=O) groups is 2. The average Bonchev–Trinajstić information content (AvgIpc) is 2.69. The molecule has 1 aliphatic heterocycles. The summed E-state index contributed by atoms with van der Waals surface area (Å²) in [6.45, 7) is 6.89. The van der Waals surface area contributed by atoms with Crippen LogP contribution in [0.2, 0.25) is 0 Å². The Morgan fingerprint density at radius 1 is 1.04 bits per heavy atom. The molecule has 1 heterocycles. The lowest BCUT2D eigenvalue weighted by Gasteiger charge is -2.32. The highest BCUT2D eigenvalue weighted by Gasteiger charge is 2.22. The van der Waals surface area contributed by atoms with Gasteiger partial charge in [0, 0.05) is 26.2 Å². The lowest BCUT2D eigenvalue weighted by Crippen LogP contribution is -2.47.